The van der Waals surface area contributed by atoms with E-state index in [1.165, 1.54) is 32.4 Å². The molecule has 1 saturated heterocycles. The molecule has 1 aliphatic rings. The quantitative estimate of drug-likeness (QED) is 0.636. The van der Waals surface area contributed by atoms with Gasteiger partial charge < -0.3 is 19.9 Å². The zero-order chi connectivity index (χ0) is 23.3. The third-order valence-corrected chi connectivity index (χ3v) is 6.86. The lowest BCUT2D eigenvalue weighted by atomic mass is 10.1. The highest BCUT2D eigenvalue weighted by molar-refractivity contribution is 7.89. The normalized spacial score (nSPS) is 14.8. The van der Waals surface area contributed by atoms with Crippen molar-refractivity contribution < 1.29 is 22.7 Å². The summed E-state index contributed by atoms with van der Waals surface area (Å²) in [5.74, 6) is -0.264. The molecule has 1 fully saturated rings. The van der Waals surface area contributed by atoms with Gasteiger partial charge in [0.1, 0.15) is 10.6 Å². The second-order valence-corrected chi connectivity index (χ2v) is 9.40. The molecule has 1 aliphatic heterocycles. The molecule has 0 aliphatic carbocycles. The van der Waals surface area contributed by atoms with Crippen LogP contribution in [0.3, 0.4) is 0 Å². The predicted molar refractivity (Wildman–Crippen MR) is 120 cm³/mol. The molecule has 32 heavy (non-hydrogen) atoms. The first-order valence-electron chi connectivity index (χ1n) is 10.2. The van der Waals surface area contributed by atoms with Crippen molar-refractivity contribution in [3.63, 3.8) is 0 Å². The molecule has 172 valence electrons. The minimum atomic E-state index is -3.78. The van der Waals surface area contributed by atoms with Crippen molar-refractivity contribution >= 4 is 21.8 Å². The number of likely N-dealkylation sites (N-methyl/N-ethyl adjacent to an activating group) is 1. The van der Waals surface area contributed by atoms with Gasteiger partial charge in [-0.3, -0.25) is 9.59 Å². The van der Waals surface area contributed by atoms with Crippen LogP contribution in [0, 0.1) is 0 Å². The van der Waals surface area contributed by atoms with Crippen molar-refractivity contribution in [1.82, 2.24) is 19.8 Å². The molecule has 2 aromatic rings. The van der Waals surface area contributed by atoms with E-state index in [4.69, 9.17) is 4.74 Å². The predicted octanol–water partition coefficient (Wildman–Crippen LogP) is 0.921. The maximum atomic E-state index is 12.6. The van der Waals surface area contributed by atoms with E-state index in [9.17, 15) is 18.0 Å². The van der Waals surface area contributed by atoms with Gasteiger partial charge in [-0.05, 0) is 50.0 Å². The SMILES string of the molecule is CNS(=O)(=O)c1cc(C(=O)NCc2ccc(C(=O)N3CCN(C)CC3)cc2)ccc1OC. The number of sulfonamides is 1. The van der Waals surface area contributed by atoms with E-state index in [1.807, 2.05) is 11.9 Å². The molecular weight excluding hydrogens is 432 g/mol. The Morgan fingerprint density at radius 1 is 1.00 bits per heavy atom. The number of carbonyl (C=O) groups excluding carboxylic acids is 2. The summed E-state index contributed by atoms with van der Waals surface area (Å²) in [6.45, 7) is 3.37. The lowest BCUT2D eigenvalue weighted by molar-refractivity contribution is 0.0664. The molecule has 2 amide bonds. The molecule has 0 unspecified atom stereocenters. The first-order valence-corrected chi connectivity index (χ1v) is 11.7. The monoisotopic (exact) mass is 460 g/mol. The summed E-state index contributed by atoms with van der Waals surface area (Å²) >= 11 is 0. The van der Waals surface area contributed by atoms with Crippen LogP contribution in [0.5, 0.6) is 5.75 Å². The summed E-state index contributed by atoms with van der Waals surface area (Å²) in [6.07, 6.45) is 0. The third kappa shape index (κ3) is 5.45. The van der Waals surface area contributed by atoms with E-state index >= 15 is 0 Å². The van der Waals surface area contributed by atoms with Crippen molar-refractivity contribution in [3.05, 3.63) is 59.2 Å². The van der Waals surface area contributed by atoms with Crippen LogP contribution in [0.4, 0.5) is 0 Å². The molecule has 0 radical (unpaired) electrons. The zero-order valence-corrected chi connectivity index (χ0v) is 19.2. The molecule has 9 nitrogen and oxygen atoms in total. The third-order valence-electron chi connectivity index (χ3n) is 5.43. The fourth-order valence-corrected chi connectivity index (χ4v) is 4.30. The Bertz CT molecular complexity index is 1080. The summed E-state index contributed by atoms with van der Waals surface area (Å²) in [7, 11) is 0.910. The topological polar surface area (TPSA) is 108 Å². The van der Waals surface area contributed by atoms with Gasteiger partial charge in [-0.25, -0.2) is 13.1 Å². The first kappa shape index (κ1) is 23.7. The number of piperazine rings is 1. The Labute approximate surface area is 188 Å². The smallest absolute Gasteiger partial charge is 0.253 e. The summed E-state index contributed by atoms with van der Waals surface area (Å²) in [5, 5.41) is 2.77. The highest BCUT2D eigenvalue weighted by atomic mass is 32.2. The van der Waals surface area contributed by atoms with E-state index in [2.05, 4.69) is 14.9 Å². The van der Waals surface area contributed by atoms with Crippen molar-refractivity contribution in [2.75, 3.05) is 47.4 Å². The highest BCUT2D eigenvalue weighted by Gasteiger charge is 2.21. The summed E-state index contributed by atoms with van der Waals surface area (Å²) in [6, 6.07) is 11.3. The van der Waals surface area contributed by atoms with Gasteiger partial charge in [-0.1, -0.05) is 12.1 Å². The Morgan fingerprint density at radius 3 is 2.22 bits per heavy atom. The molecule has 1 heterocycles. The highest BCUT2D eigenvalue weighted by Crippen LogP contribution is 2.24. The van der Waals surface area contributed by atoms with Gasteiger partial charge in [-0.15, -0.1) is 0 Å². The molecule has 2 aromatic carbocycles. The summed E-state index contributed by atoms with van der Waals surface area (Å²) < 4.78 is 31.7. The number of nitrogens with one attached hydrogen (secondary N) is 2. The van der Waals surface area contributed by atoms with E-state index in [-0.39, 0.29) is 28.7 Å². The van der Waals surface area contributed by atoms with Gasteiger partial charge in [0.05, 0.1) is 7.11 Å². The van der Waals surface area contributed by atoms with Crippen molar-refractivity contribution in [2.24, 2.45) is 0 Å². The Balaban J connectivity index is 1.64. The number of benzene rings is 2. The summed E-state index contributed by atoms with van der Waals surface area (Å²) in [4.78, 5) is 29.1. The molecule has 0 spiro atoms. The van der Waals surface area contributed by atoms with Gasteiger partial charge in [0, 0.05) is 43.9 Å². The number of carbonyl (C=O) groups is 2. The Hall–Kier alpha value is -2.95. The van der Waals surface area contributed by atoms with Gasteiger partial charge in [0.2, 0.25) is 10.0 Å². The number of hydrogen-bond donors (Lipinski definition) is 2. The largest absolute Gasteiger partial charge is 0.495 e. The Kier molecular flexibility index (Phi) is 7.49. The number of ether oxygens (including phenoxy) is 1. The van der Waals surface area contributed by atoms with Crippen LogP contribution in [0.25, 0.3) is 0 Å². The lowest BCUT2D eigenvalue weighted by Crippen LogP contribution is -2.47. The maximum Gasteiger partial charge on any atom is 0.253 e. The minimum Gasteiger partial charge on any atom is -0.495 e. The number of rotatable bonds is 7. The first-order chi connectivity index (χ1) is 15.2. The van der Waals surface area contributed by atoms with Gasteiger partial charge in [0.25, 0.3) is 11.8 Å². The maximum absolute atomic E-state index is 12.6. The molecule has 2 N–H and O–H groups in total. The second-order valence-electron chi connectivity index (χ2n) is 7.55. The molecule has 0 bridgehead atoms. The Morgan fingerprint density at radius 2 is 1.62 bits per heavy atom. The number of amides is 2. The van der Waals surface area contributed by atoms with E-state index in [0.29, 0.717) is 18.7 Å². The molecule has 0 aromatic heterocycles. The van der Waals surface area contributed by atoms with Crippen molar-refractivity contribution in [1.29, 1.82) is 0 Å². The number of nitrogens with zero attached hydrogens (tertiary/aromatic N) is 2. The molecule has 3 rings (SSSR count). The molecular formula is C22H28N4O5S. The molecule has 0 atom stereocenters. The number of hydrogen-bond acceptors (Lipinski definition) is 6. The fraction of sp³-hybridized carbons (Fsp3) is 0.364. The zero-order valence-electron chi connectivity index (χ0n) is 18.4. The summed E-state index contributed by atoms with van der Waals surface area (Å²) in [5.41, 5.74) is 1.63. The van der Waals surface area contributed by atoms with E-state index in [1.54, 1.807) is 24.3 Å². The van der Waals surface area contributed by atoms with Crippen LogP contribution in [-0.2, 0) is 16.6 Å². The molecule has 10 heteroatoms. The second kappa shape index (κ2) is 10.1. The van der Waals surface area contributed by atoms with Crippen LogP contribution in [0.1, 0.15) is 26.3 Å². The molecule has 0 saturated carbocycles. The average Bonchev–Trinajstić information content (AvgIpc) is 2.82. The fourth-order valence-electron chi connectivity index (χ4n) is 3.38. The van der Waals surface area contributed by atoms with Crippen molar-refractivity contribution in [3.8, 4) is 5.75 Å². The van der Waals surface area contributed by atoms with Crippen LogP contribution in [-0.4, -0.2) is 77.4 Å². The van der Waals surface area contributed by atoms with Crippen LogP contribution in [0.15, 0.2) is 47.4 Å². The van der Waals surface area contributed by atoms with E-state index in [0.717, 1.165) is 18.7 Å². The standard InChI is InChI=1S/C22H28N4O5S/c1-23-32(29,30)20-14-18(8-9-19(20)31-3)21(27)24-15-16-4-6-17(7-5-16)22(28)26-12-10-25(2)11-13-26/h4-9,14,23H,10-13,15H2,1-3H3,(H,24,27). The average molecular weight is 461 g/mol. The minimum absolute atomic E-state index is 0.00481. The number of methoxy groups -OCH3 is 1. The van der Waals surface area contributed by atoms with Gasteiger partial charge in [0.15, 0.2) is 0 Å². The van der Waals surface area contributed by atoms with Crippen molar-refractivity contribution in [2.45, 2.75) is 11.4 Å². The van der Waals surface area contributed by atoms with Crippen LogP contribution in [0.2, 0.25) is 0 Å². The van der Waals surface area contributed by atoms with Crippen LogP contribution < -0.4 is 14.8 Å². The van der Waals surface area contributed by atoms with Crippen LogP contribution >= 0.6 is 0 Å². The van der Waals surface area contributed by atoms with Gasteiger partial charge >= 0.3 is 0 Å². The van der Waals surface area contributed by atoms with E-state index < -0.39 is 15.9 Å². The lowest BCUT2D eigenvalue weighted by Gasteiger charge is -2.32. The van der Waals surface area contributed by atoms with Gasteiger partial charge in [-0.2, -0.15) is 0 Å².